The molecule has 0 bridgehead atoms. The van der Waals surface area contributed by atoms with Crippen LogP contribution in [-0.2, 0) is 9.47 Å². The van der Waals surface area contributed by atoms with Gasteiger partial charge >= 0.3 is 0 Å². The van der Waals surface area contributed by atoms with Crippen molar-refractivity contribution >= 4 is 41.7 Å². The van der Waals surface area contributed by atoms with Gasteiger partial charge in [-0.1, -0.05) is 19.1 Å². The topological polar surface area (TPSA) is 64.1 Å². The molecule has 31 heavy (non-hydrogen) atoms. The van der Waals surface area contributed by atoms with E-state index in [9.17, 15) is 0 Å². The van der Waals surface area contributed by atoms with Crippen molar-refractivity contribution in [3.05, 3.63) is 24.3 Å². The quantitative estimate of drug-likeness (QED) is 0.121. The van der Waals surface area contributed by atoms with Crippen LogP contribution >= 0.6 is 35.7 Å². The van der Waals surface area contributed by atoms with Gasteiger partial charge in [-0.25, -0.2) is 0 Å². The second-order valence-electron chi connectivity index (χ2n) is 7.70. The molecule has 178 valence electrons. The molecule has 0 amide bonds. The maximum atomic E-state index is 5.84. The van der Waals surface area contributed by atoms with Crippen molar-refractivity contribution < 1.29 is 14.2 Å². The van der Waals surface area contributed by atoms with Crippen molar-refractivity contribution in [3.8, 4) is 5.75 Å². The zero-order valence-corrected chi connectivity index (χ0v) is 22.4. The number of nitrogens with one attached hydrogen (secondary N) is 2. The fourth-order valence-corrected chi connectivity index (χ4v) is 4.19. The summed E-state index contributed by atoms with van der Waals surface area (Å²) in [4.78, 5) is 5.94. The van der Waals surface area contributed by atoms with Gasteiger partial charge in [0.25, 0.3) is 0 Å². The first-order chi connectivity index (χ1) is 14.7. The number of ether oxygens (including phenoxy) is 3. The molecule has 1 aliphatic heterocycles. The average Bonchev–Trinajstić information content (AvgIpc) is 2.79. The van der Waals surface area contributed by atoms with E-state index in [1.807, 2.05) is 30.0 Å². The van der Waals surface area contributed by atoms with Gasteiger partial charge in [-0.05, 0) is 50.2 Å². The number of para-hydroxylation sites is 1. The predicted molar refractivity (Wildman–Crippen MR) is 141 cm³/mol. The first-order valence-electron chi connectivity index (χ1n) is 11.2. The standard InChI is InChI=1S/C23H39N3O3S.HI/c1-4-24-23(25-12-7-13-29-17-20-10-14-28-15-11-20)26-16-19(2)18-30-22-9-6-5-8-21(22)27-3;/h5-6,8-9,19-20H,4,7,10-18H2,1-3H3,(H2,24,25,26);1H. The second-order valence-corrected chi connectivity index (χ2v) is 8.76. The molecule has 1 fully saturated rings. The number of methoxy groups -OCH3 is 1. The van der Waals surface area contributed by atoms with E-state index in [0.29, 0.717) is 11.8 Å². The molecule has 6 nitrogen and oxygen atoms in total. The van der Waals surface area contributed by atoms with Crippen LogP contribution in [0.15, 0.2) is 34.2 Å². The Hall–Kier alpha value is -0.710. The second kappa shape index (κ2) is 17.8. The van der Waals surface area contributed by atoms with Crippen LogP contribution in [0, 0.1) is 11.8 Å². The van der Waals surface area contributed by atoms with Crippen LogP contribution in [0.2, 0.25) is 0 Å². The number of halogens is 1. The van der Waals surface area contributed by atoms with Gasteiger partial charge in [0.1, 0.15) is 5.75 Å². The zero-order valence-electron chi connectivity index (χ0n) is 19.2. The minimum absolute atomic E-state index is 0. The van der Waals surface area contributed by atoms with Gasteiger partial charge in [-0.15, -0.1) is 35.7 Å². The molecule has 1 aromatic carbocycles. The van der Waals surface area contributed by atoms with E-state index in [-0.39, 0.29) is 24.0 Å². The van der Waals surface area contributed by atoms with Crippen LogP contribution in [-0.4, -0.2) is 64.9 Å². The monoisotopic (exact) mass is 565 g/mol. The number of benzene rings is 1. The zero-order chi connectivity index (χ0) is 21.4. The largest absolute Gasteiger partial charge is 0.496 e. The lowest BCUT2D eigenvalue weighted by Gasteiger charge is -2.21. The van der Waals surface area contributed by atoms with Crippen LogP contribution in [0.4, 0.5) is 0 Å². The molecule has 2 rings (SSSR count). The van der Waals surface area contributed by atoms with Crippen molar-refractivity contribution in [2.24, 2.45) is 16.8 Å². The molecule has 2 N–H and O–H groups in total. The average molecular weight is 566 g/mol. The van der Waals surface area contributed by atoms with Crippen molar-refractivity contribution in [2.45, 2.75) is 38.0 Å². The van der Waals surface area contributed by atoms with Gasteiger partial charge in [0, 0.05) is 56.7 Å². The Morgan fingerprint density at radius 2 is 2.03 bits per heavy atom. The van der Waals surface area contributed by atoms with Crippen LogP contribution in [0.5, 0.6) is 5.75 Å². The van der Waals surface area contributed by atoms with Gasteiger partial charge in [0.15, 0.2) is 5.96 Å². The summed E-state index contributed by atoms with van der Waals surface area (Å²) in [6.45, 7) is 10.3. The van der Waals surface area contributed by atoms with E-state index in [2.05, 4.69) is 30.5 Å². The van der Waals surface area contributed by atoms with Crippen LogP contribution in [0.1, 0.15) is 33.1 Å². The number of hydrogen-bond donors (Lipinski definition) is 2. The maximum Gasteiger partial charge on any atom is 0.191 e. The van der Waals surface area contributed by atoms with E-state index in [1.54, 1.807) is 7.11 Å². The number of hydrogen-bond acceptors (Lipinski definition) is 5. The van der Waals surface area contributed by atoms with Crippen molar-refractivity contribution in [3.63, 3.8) is 0 Å². The molecule has 0 spiro atoms. The van der Waals surface area contributed by atoms with Crippen molar-refractivity contribution in [1.29, 1.82) is 0 Å². The Bertz CT molecular complexity index is 615. The third kappa shape index (κ3) is 12.2. The number of rotatable bonds is 13. The summed E-state index contributed by atoms with van der Waals surface area (Å²) in [6, 6.07) is 8.16. The molecule has 1 aromatic rings. The number of nitrogens with zero attached hydrogens (tertiary/aromatic N) is 1. The van der Waals surface area contributed by atoms with Gasteiger partial charge < -0.3 is 24.8 Å². The third-order valence-electron chi connectivity index (χ3n) is 4.95. The van der Waals surface area contributed by atoms with Crippen LogP contribution < -0.4 is 15.4 Å². The highest BCUT2D eigenvalue weighted by Crippen LogP contribution is 2.30. The maximum absolute atomic E-state index is 5.84. The lowest BCUT2D eigenvalue weighted by molar-refractivity contribution is 0.0203. The lowest BCUT2D eigenvalue weighted by Crippen LogP contribution is -2.38. The summed E-state index contributed by atoms with van der Waals surface area (Å²) in [5.41, 5.74) is 0. The highest BCUT2D eigenvalue weighted by molar-refractivity contribution is 14.0. The smallest absolute Gasteiger partial charge is 0.191 e. The fraction of sp³-hybridized carbons (Fsp3) is 0.696. The molecule has 8 heteroatoms. The van der Waals surface area contributed by atoms with Gasteiger partial charge in [-0.2, -0.15) is 0 Å². The Morgan fingerprint density at radius 3 is 2.77 bits per heavy atom. The molecule has 1 saturated heterocycles. The molecule has 1 heterocycles. The molecule has 0 aliphatic carbocycles. The highest BCUT2D eigenvalue weighted by Gasteiger charge is 2.13. The predicted octanol–water partition coefficient (Wildman–Crippen LogP) is 4.43. The van der Waals surface area contributed by atoms with E-state index in [4.69, 9.17) is 19.2 Å². The lowest BCUT2D eigenvalue weighted by atomic mass is 10.0. The molecular weight excluding hydrogens is 525 g/mol. The van der Waals surface area contributed by atoms with Crippen molar-refractivity contribution in [1.82, 2.24) is 10.6 Å². The molecular formula is C23H40IN3O3S. The summed E-state index contributed by atoms with van der Waals surface area (Å²) in [5.74, 6) is 3.96. The molecule has 1 unspecified atom stereocenters. The first-order valence-corrected chi connectivity index (χ1v) is 12.1. The minimum Gasteiger partial charge on any atom is -0.496 e. The first kappa shape index (κ1) is 28.3. The fourth-order valence-electron chi connectivity index (χ4n) is 3.16. The molecule has 0 radical (unpaired) electrons. The van der Waals surface area contributed by atoms with E-state index in [0.717, 1.165) is 82.8 Å². The summed E-state index contributed by atoms with van der Waals surface area (Å²) in [5, 5.41) is 6.75. The minimum atomic E-state index is 0. The van der Waals surface area contributed by atoms with Gasteiger partial charge in [-0.3, -0.25) is 4.99 Å². The highest BCUT2D eigenvalue weighted by atomic mass is 127. The number of aliphatic imine (C=N–C) groups is 1. The number of guanidine groups is 1. The Kier molecular flexibility index (Phi) is 16.3. The summed E-state index contributed by atoms with van der Waals surface area (Å²) < 4.78 is 16.7. The Labute approximate surface area is 209 Å². The van der Waals surface area contributed by atoms with E-state index >= 15 is 0 Å². The third-order valence-corrected chi connectivity index (χ3v) is 6.33. The molecule has 1 aliphatic rings. The van der Waals surface area contributed by atoms with Crippen LogP contribution in [0.3, 0.4) is 0 Å². The number of thioether (sulfide) groups is 1. The van der Waals surface area contributed by atoms with Gasteiger partial charge in [0.2, 0.25) is 0 Å². The SMILES string of the molecule is CCNC(=NCC(C)CSc1ccccc1OC)NCCCOCC1CCOCC1.I. The summed E-state index contributed by atoms with van der Waals surface area (Å²) in [7, 11) is 1.72. The normalized spacial score (nSPS) is 15.8. The molecule has 1 atom stereocenters. The Balaban J connectivity index is 0.00000480. The Morgan fingerprint density at radius 1 is 1.26 bits per heavy atom. The van der Waals surface area contributed by atoms with Crippen molar-refractivity contribution in [2.75, 3.05) is 58.9 Å². The van der Waals surface area contributed by atoms with Crippen LogP contribution in [0.25, 0.3) is 0 Å². The summed E-state index contributed by atoms with van der Waals surface area (Å²) >= 11 is 1.82. The molecule has 0 saturated carbocycles. The van der Waals surface area contributed by atoms with Gasteiger partial charge in [0.05, 0.1) is 7.11 Å². The van der Waals surface area contributed by atoms with E-state index in [1.165, 1.54) is 4.90 Å². The molecule has 0 aromatic heterocycles. The summed E-state index contributed by atoms with van der Waals surface area (Å²) in [6.07, 6.45) is 3.23. The van der Waals surface area contributed by atoms with E-state index < -0.39 is 0 Å².